The number of nitriles is 1. The number of hydrogen-bond donors (Lipinski definition) is 2. The zero-order valence-corrected chi connectivity index (χ0v) is 16.2. The van der Waals surface area contributed by atoms with E-state index in [0.717, 1.165) is 12.1 Å². The molecular weight excluding hydrogens is 448 g/mol. The highest BCUT2D eigenvalue weighted by atomic mass is 32.2. The Bertz CT molecular complexity index is 1120. The van der Waals surface area contributed by atoms with Gasteiger partial charge in [0.2, 0.25) is 15.8 Å². The predicted octanol–water partition coefficient (Wildman–Crippen LogP) is 0.681. The summed E-state index contributed by atoms with van der Waals surface area (Å²) in [6, 6.07) is 4.81. The van der Waals surface area contributed by atoms with Crippen LogP contribution in [0.25, 0.3) is 0 Å². The van der Waals surface area contributed by atoms with Gasteiger partial charge >= 0.3 is 6.18 Å². The molecule has 14 heteroatoms. The lowest BCUT2D eigenvalue weighted by atomic mass is 10.0. The predicted molar refractivity (Wildman–Crippen MR) is 93.4 cm³/mol. The molecule has 1 saturated heterocycles. The van der Waals surface area contributed by atoms with Gasteiger partial charge in [-0.1, -0.05) is 0 Å². The second kappa shape index (κ2) is 8.00. The summed E-state index contributed by atoms with van der Waals surface area (Å²) in [5.74, 6) is -2.56. The molecule has 0 aliphatic carbocycles. The fraction of sp³-hybridized carbons (Fsp3) is 0.353. The molecule has 0 radical (unpaired) electrons. The smallest absolute Gasteiger partial charge is 0.451 e. The molecule has 0 saturated carbocycles. The van der Waals surface area contributed by atoms with Crippen molar-refractivity contribution in [2.45, 2.75) is 22.8 Å². The third-order valence-corrected chi connectivity index (χ3v) is 6.32. The van der Waals surface area contributed by atoms with Gasteiger partial charge in [0.25, 0.3) is 0 Å². The van der Waals surface area contributed by atoms with E-state index in [9.17, 15) is 36.2 Å². The van der Waals surface area contributed by atoms with Gasteiger partial charge in [-0.3, -0.25) is 0 Å². The molecule has 166 valence electrons. The highest BCUT2D eigenvalue weighted by Gasteiger charge is 2.51. The lowest BCUT2D eigenvalue weighted by molar-refractivity contribution is -0.145. The monoisotopic (exact) mass is 462 g/mol. The maximum atomic E-state index is 13.8. The molecule has 1 aliphatic heterocycles. The number of aliphatic hydroxyl groups excluding tert-OH is 1. The van der Waals surface area contributed by atoms with Crippen molar-refractivity contribution in [2.24, 2.45) is 0 Å². The van der Waals surface area contributed by atoms with Crippen molar-refractivity contribution in [3.63, 3.8) is 0 Å². The van der Waals surface area contributed by atoms with Gasteiger partial charge in [-0.05, 0) is 12.1 Å². The Balaban J connectivity index is 1.85. The van der Waals surface area contributed by atoms with Crippen LogP contribution in [0.1, 0.15) is 11.4 Å². The van der Waals surface area contributed by atoms with Crippen molar-refractivity contribution in [3.05, 3.63) is 47.8 Å². The summed E-state index contributed by atoms with van der Waals surface area (Å²) in [6.45, 7) is -2.09. The number of sulfonamides is 1. The third-order valence-electron chi connectivity index (χ3n) is 4.55. The molecular formula is C17H14F4N4O5S. The average molecular weight is 462 g/mol. The van der Waals surface area contributed by atoms with Crippen molar-refractivity contribution in [1.29, 1.82) is 5.26 Å². The van der Waals surface area contributed by atoms with Crippen LogP contribution in [0.15, 0.2) is 35.5 Å². The summed E-state index contributed by atoms with van der Waals surface area (Å²) < 4.78 is 83.2. The number of hydrogen-bond acceptors (Lipinski definition) is 8. The summed E-state index contributed by atoms with van der Waals surface area (Å²) >= 11 is 0. The van der Waals surface area contributed by atoms with Gasteiger partial charge in [0, 0.05) is 12.6 Å². The van der Waals surface area contributed by atoms with Crippen molar-refractivity contribution < 1.29 is 40.9 Å². The van der Waals surface area contributed by atoms with E-state index in [1.165, 1.54) is 6.07 Å². The summed E-state index contributed by atoms with van der Waals surface area (Å²) in [4.78, 5) is 5.35. The van der Waals surface area contributed by atoms with E-state index in [1.807, 2.05) is 0 Å². The quantitative estimate of drug-likeness (QED) is 0.619. The zero-order chi connectivity index (χ0) is 23.0. The second-order valence-electron chi connectivity index (χ2n) is 6.66. The molecule has 0 bridgehead atoms. The highest BCUT2D eigenvalue weighted by molar-refractivity contribution is 7.89. The van der Waals surface area contributed by atoms with Crippen LogP contribution in [0.3, 0.4) is 0 Å². The minimum Gasteiger partial charge on any atom is -0.486 e. The van der Waals surface area contributed by atoms with Crippen LogP contribution in [0.2, 0.25) is 0 Å². The number of aromatic nitrogens is 2. The lowest BCUT2D eigenvalue weighted by Crippen LogP contribution is -2.48. The molecule has 0 unspecified atom stereocenters. The largest absolute Gasteiger partial charge is 0.486 e. The van der Waals surface area contributed by atoms with Crippen LogP contribution in [-0.4, -0.2) is 64.3 Å². The number of halogens is 4. The van der Waals surface area contributed by atoms with Crippen molar-refractivity contribution in [2.75, 3.05) is 19.7 Å². The number of nitrogens with zero attached hydrogens (tertiary/aromatic N) is 4. The van der Waals surface area contributed by atoms with Gasteiger partial charge in [0.1, 0.15) is 34.2 Å². The van der Waals surface area contributed by atoms with E-state index in [0.29, 0.717) is 16.7 Å². The first-order chi connectivity index (χ1) is 14.4. The number of β-amino-alcohol motifs (C(OH)–C–C–N with tert-alkyl or cyclic N) is 1. The first-order valence-electron chi connectivity index (χ1n) is 8.49. The Morgan fingerprint density at radius 3 is 2.48 bits per heavy atom. The number of alkyl halides is 3. The molecule has 2 heterocycles. The van der Waals surface area contributed by atoms with Crippen molar-refractivity contribution >= 4 is 10.0 Å². The van der Waals surface area contributed by atoms with Gasteiger partial charge in [0.15, 0.2) is 0 Å². The van der Waals surface area contributed by atoms with Crippen LogP contribution in [0.4, 0.5) is 17.6 Å². The minimum atomic E-state index is -4.86. The Labute approximate surface area is 173 Å². The SMILES string of the molecule is N#Cc1ccc(O[C@H]2CN(S(=O)(=O)c3cnc(C(F)(F)F)nc3)C[C@@]2(O)CO)cc1F. The first-order valence-corrected chi connectivity index (χ1v) is 9.93. The third kappa shape index (κ3) is 4.44. The summed E-state index contributed by atoms with van der Waals surface area (Å²) in [6.07, 6.45) is -5.25. The van der Waals surface area contributed by atoms with Crippen LogP contribution >= 0.6 is 0 Å². The Morgan fingerprint density at radius 2 is 1.97 bits per heavy atom. The summed E-state index contributed by atoms with van der Waals surface area (Å²) in [7, 11) is -4.45. The average Bonchev–Trinajstić information content (AvgIpc) is 3.05. The molecule has 1 aromatic heterocycles. The van der Waals surface area contributed by atoms with Gasteiger partial charge in [-0.15, -0.1) is 0 Å². The highest BCUT2D eigenvalue weighted by Crippen LogP contribution is 2.31. The zero-order valence-electron chi connectivity index (χ0n) is 15.4. The number of ether oxygens (including phenoxy) is 1. The molecule has 1 fully saturated rings. The van der Waals surface area contributed by atoms with E-state index >= 15 is 0 Å². The summed E-state index contributed by atoms with van der Waals surface area (Å²) in [5.41, 5.74) is -2.35. The Morgan fingerprint density at radius 1 is 1.32 bits per heavy atom. The fourth-order valence-corrected chi connectivity index (χ4v) is 4.27. The Kier molecular flexibility index (Phi) is 5.89. The van der Waals surface area contributed by atoms with E-state index in [4.69, 9.17) is 10.00 Å². The number of rotatable bonds is 5. The fourth-order valence-electron chi connectivity index (χ4n) is 2.88. The standard InChI is InChI=1S/C17H14F4N4O5S/c18-13-3-11(2-1-10(13)4-22)30-14-7-25(8-16(14,27)9-26)31(28,29)12-5-23-15(24-6-12)17(19,20)21/h1-3,5-6,14,26-27H,7-9H2/t14-,16+/m0/s1. The van der Waals surface area contributed by atoms with E-state index in [1.54, 1.807) is 6.07 Å². The lowest BCUT2D eigenvalue weighted by Gasteiger charge is -2.27. The molecule has 2 N–H and O–H groups in total. The van der Waals surface area contributed by atoms with Crippen LogP contribution < -0.4 is 4.74 Å². The molecule has 2 atom stereocenters. The molecule has 0 spiro atoms. The maximum absolute atomic E-state index is 13.8. The molecule has 0 amide bonds. The van der Waals surface area contributed by atoms with E-state index in [-0.39, 0.29) is 11.3 Å². The minimum absolute atomic E-state index is 0.134. The van der Waals surface area contributed by atoms with Gasteiger partial charge in [-0.2, -0.15) is 22.7 Å². The molecule has 1 aliphatic rings. The molecule has 2 aromatic rings. The number of benzene rings is 1. The van der Waals surface area contributed by atoms with Crippen LogP contribution in [0, 0.1) is 17.1 Å². The Hall–Kier alpha value is -2.86. The van der Waals surface area contributed by atoms with Crippen molar-refractivity contribution in [1.82, 2.24) is 14.3 Å². The molecule has 9 nitrogen and oxygen atoms in total. The van der Waals surface area contributed by atoms with Gasteiger partial charge < -0.3 is 14.9 Å². The first kappa shape index (κ1) is 22.8. The van der Waals surface area contributed by atoms with Gasteiger partial charge in [-0.25, -0.2) is 22.8 Å². The second-order valence-corrected chi connectivity index (χ2v) is 8.60. The van der Waals surface area contributed by atoms with E-state index < -0.39 is 64.1 Å². The van der Waals surface area contributed by atoms with Crippen LogP contribution in [0.5, 0.6) is 5.75 Å². The normalized spacial score (nSPS) is 22.3. The molecule has 31 heavy (non-hydrogen) atoms. The van der Waals surface area contributed by atoms with E-state index in [2.05, 4.69) is 9.97 Å². The number of aliphatic hydroxyl groups is 2. The summed E-state index contributed by atoms with van der Waals surface area (Å²) in [5, 5.41) is 28.9. The molecule has 3 rings (SSSR count). The van der Waals surface area contributed by atoms with Gasteiger partial charge in [0.05, 0.1) is 31.1 Å². The molecule has 1 aromatic carbocycles. The maximum Gasteiger partial charge on any atom is 0.451 e. The topological polar surface area (TPSA) is 137 Å². The van der Waals surface area contributed by atoms with Crippen LogP contribution in [-0.2, 0) is 16.2 Å². The van der Waals surface area contributed by atoms with Crippen molar-refractivity contribution in [3.8, 4) is 11.8 Å².